The minimum absolute atomic E-state index is 0.502. The van der Waals surface area contributed by atoms with Crippen LogP contribution in [0, 0.1) is 0 Å². The maximum atomic E-state index is 6.00. The van der Waals surface area contributed by atoms with Crippen molar-refractivity contribution in [2.75, 3.05) is 23.7 Å². The zero-order valence-corrected chi connectivity index (χ0v) is 16.2. The number of rotatable bonds is 4. The van der Waals surface area contributed by atoms with Gasteiger partial charge in [-0.15, -0.1) is 0 Å². The van der Waals surface area contributed by atoms with E-state index in [-0.39, 0.29) is 0 Å². The number of thiocarbonyl (C=S) groups is 1. The summed E-state index contributed by atoms with van der Waals surface area (Å²) in [6, 6.07) is 13.7. The molecule has 1 aliphatic rings. The second-order valence-electron chi connectivity index (χ2n) is 6.27. The van der Waals surface area contributed by atoms with E-state index in [9.17, 15) is 0 Å². The Morgan fingerprint density at radius 2 is 1.48 bits per heavy atom. The molecule has 0 radical (unpaired) electrons. The van der Waals surface area contributed by atoms with E-state index in [0.29, 0.717) is 15.2 Å². The molecule has 1 saturated heterocycles. The van der Waals surface area contributed by atoms with Gasteiger partial charge in [-0.25, -0.2) is 0 Å². The molecule has 3 rings (SSSR count). The van der Waals surface area contributed by atoms with E-state index >= 15 is 0 Å². The summed E-state index contributed by atoms with van der Waals surface area (Å²) in [6.45, 7) is 3.43. The van der Waals surface area contributed by atoms with E-state index in [2.05, 4.69) is 39.8 Å². The van der Waals surface area contributed by atoms with Crippen LogP contribution in [0.4, 0.5) is 11.4 Å². The van der Waals surface area contributed by atoms with Gasteiger partial charge in [0.2, 0.25) is 0 Å². The van der Waals surface area contributed by atoms with Crippen molar-refractivity contribution in [3.8, 4) is 0 Å². The van der Waals surface area contributed by atoms with Crippen molar-refractivity contribution >= 4 is 51.9 Å². The highest BCUT2D eigenvalue weighted by molar-refractivity contribution is 7.80. The molecule has 0 aromatic heterocycles. The van der Waals surface area contributed by atoms with Crippen molar-refractivity contribution in [2.45, 2.75) is 25.8 Å². The molecule has 6 heteroatoms. The Balaban J connectivity index is 1.54. The van der Waals surface area contributed by atoms with Crippen LogP contribution in [-0.2, 0) is 6.54 Å². The van der Waals surface area contributed by atoms with E-state index in [1.165, 1.54) is 37.9 Å². The quantitative estimate of drug-likeness (QED) is 0.642. The average Bonchev–Trinajstić information content (AvgIpc) is 2.56. The number of benzene rings is 2. The molecular weight excluding hydrogens is 373 g/mol. The molecule has 0 aliphatic carbocycles. The van der Waals surface area contributed by atoms with Crippen molar-refractivity contribution in [3.05, 3.63) is 58.1 Å². The predicted molar refractivity (Wildman–Crippen MR) is 112 cm³/mol. The summed E-state index contributed by atoms with van der Waals surface area (Å²) in [6.07, 6.45) is 3.99. The normalized spacial score (nSPS) is 15.0. The number of hydrogen-bond donors (Lipinski definition) is 2. The lowest BCUT2D eigenvalue weighted by atomic mass is 10.1. The summed E-state index contributed by atoms with van der Waals surface area (Å²) >= 11 is 17.3. The highest BCUT2D eigenvalue weighted by atomic mass is 35.5. The molecule has 0 bridgehead atoms. The van der Waals surface area contributed by atoms with E-state index in [4.69, 9.17) is 35.4 Å². The lowest BCUT2D eigenvalue weighted by Crippen LogP contribution is -2.29. The van der Waals surface area contributed by atoms with Crippen LogP contribution >= 0.6 is 35.4 Å². The van der Waals surface area contributed by atoms with Crippen LogP contribution in [0.1, 0.15) is 24.8 Å². The molecule has 0 atom stereocenters. The number of nitrogens with one attached hydrogen (secondary N) is 2. The number of halogens is 2. The molecule has 2 aromatic carbocycles. The van der Waals surface area contributed by atoms with Crippen molar-refractivity contribution in [1.29, 1.82) is 0 Å². The Morgan fingerprint density at radius 3 is 2.12 bits per heavy atom. The lowest BCUT2D eigenvalue weighted by Gasteiger charge is -2.26. The molecular formula is C19H21Cl2N3S. The van der Waals surface area contributed by atoms with Crippen molar-refractivity contribution in [3.63, 3.8) is 0 Å². The van der Waals surface area contributed by atoms with Gasteiger partial charge < -0.3 is 10.6 Å². The first kappa shape index (κ1) is 18.5. The average molecular weight is 394 g/mol. The first-order valence-corrected chi connectivity index (χ1v) is 9.60. The Labute approximate surface area is 164 Å². The Kier molecular flexibility index (Phi) is 6.54. The molecule has 0 amide bonds. The van der Waals surface area contributed by atoms with Gasteiger partial charge in [0, 0.05) is 28.0 Å². The van der Waals surface area contributed by atoms with Crippen LogP contribution in [0.15, 0.2) is 42.5 Å². The van der Waals surface area contributed by atoms with Gasteiger partial charge in [-0.2, -0.15) is 0 Å². The van der Waals surface area contributed by atoms with Crippen LogP contribution < -0.4 is 10.6 Å². The standard InChI is InChI=1S/C19H21Cl2N3S/c20-15-10-16(21)12-18(11-15)23-19(25)22-17-6-4-14(5-7-17)13-24-8-2-1-3-9-24/h4-7,10-12H,1-3,8-9,13H2,(H2,22,23,25). The Hall–Kier alpha value is -1.33. The fourth-order valence-electron chi connectivity index (χ4n) is 2.99. The first-order chi connectivity index (χ1) is 12.1. The molecule has 0 spiro atoms. The maximum absolute atomic E-state index is 6.00. The lowest BCUT2D eigenvalue weighted by molar-refractivity contribution is 0.221. The third-order valence-electron chi connectivity index (χ3n) is 4.19. The van der Waals surface area contributed by atoms with Crippen molar-refractivity contribution in [1.82, 2.24) is 4.90 Å². The van der Waals surface area contributed by atoms with E-state index in [1.807, 2.05) is 0 Å². The summed E-state index contributed by atoms with van der Waals surface area (Å²) in [7, 11) is 0. The van der Waals surface area contributed by atoms with Gasteiger partial charge in [-0.1, -0.05) is 41.8 Å². The Morgan fingerprint density at radius 1 is 0.880 bits per heavy atom. The first-order valence-electron chi connectivity index (χ1n) is 8.44. The van der Waals surface area contributed by atoms with Gasteiger partial charge >= 0.3 is 0 Å². The van der Waals surface area contributed by atoms with Crippen LogP contribution in [0.3, 0.4) is 0 Å². The number of anilines is 2. The van der Waals surface area contributed by atoms with E-state index < -0.39 is 0 Å². The Bertz CT molecular complexity index is 708. The fraction of sp³-hybridized carbons (Fsp3) is 0.316. The third kappa shape index (κ3) is 5.86. The summed E-state index contributed by atoms with van der Waals surface area (Å²) in [5.41, 5.74) is 3.04. The highest BCUT2D eigenvalue weighted by Gasteiger charge is 2.10. The van der Waals surface area contributed by atoms with Crippen molar-refractivity contribution < 1.29 is 0 Å². The maximum Gasteiger partial charge on any atom is 0.175 e. The van der Waals surface area contributed by atoms with E-state index in [1.54, 1.807) is 18.2 Å². The molecule has 2 N–H and O–H groups in total. The van der Waals surface area contributed by atoms with Crippen molar-refractivity contribution in [2.24, 2.45) is 0 Å². The highest BCUT2D eigenvalue weighted by Crippen LogP contribution is 2.23. The molecule has 25 heavy (non-hydrogen) atoms. The summed E-state index contributed by atoms with van der Waals surface area (Å²) < 4.78 is 0. The number of hydrogen-bond acceptors (Lipinski definition) is 2. The summed E-state index contributed by atoms with van der Waals surface area (Å²) in [4.78, 5) is 2.51. The second kappa shape index (κ2) is 8.86. The molecule has 2 aromatic rings. The molecule has 132 valence electrons. The smallest absolute Gasteiger partial charge is 0.175 e. The van der Waals surface area contributed by atoms with Gasteiger partial charge in [0.25, 0.3) is 0 Å². The minimum atomic E-state index is 0.502. The third-order valence-corrected chi connectivity index (χ3v) is 4.83. The fourth-order valence-corrected chi connectivity index (χ4v) is 3.75. The van der Waals surface area contributed by atoms with E-state index in [0.717, 1.165) is 17.9 Å². The predicted octanol–water partition coefficient (Wildman–Crippen LogP) is 5.79. The molecule has 1 aliphatic heterocycles. The number of piperidine rings is 1. The zero-order chi connectivity index (χ0) is 17.6. The van der Waals surface area contributed by atoms with Gasteiger partial charge in [-0.05, 0) is 74.0 Å². The topological polar surface area (TPSA) is 27.3 Å². The second-order valence-corrected chi connectivity index (χ2v) is 7.55. The van der Waals surface area contributed by atoms with Gasteiger partial charge in [-0.3, -0.25) is 4.90 Å². The molecule has 1 heterocycles. The number of likely N-dealkylation sites (tertiary alicyclic amines) is 1. The molecule has 1 fully saturated rings. The van der Waals surface area contributed by atoms with Gasteiger partial charge in [0.1, 0.15) is 0 Å². The summed E-state index contributed by atoms with van der Waals surface area (Å²) in [5, 5.41) is 7.92. The molecule has 0 saturated carbocycles. The molecule has 3 nitrogen and oxygen atoms in total. The van der Waals surface area contributed by atoms with Gasteiger partial charge in [0.15, 0.2) is 5.11 Å². The molecule has 0 unspecified atom stereocenters. The summed E-state index contributed by atoms with van der Waals surface area (Å²) in [5.74, 6) is 0. The van der Waals surface area contributed by atoms with Crippen LogP contribution in [0.25, 0.3) is 0 Å². The number of nitrogens with zero attached hydrogens (tertiary/aromatic N) is 1. The van der Waals surface area contributed by atoms with Crippen LogP contribution in [0.5, 0.6) is 0 Å². The van der Waals surface area contributed by atoms with Gasteiger partial charge in [0.05, 0.1) is 0 Å². The zero-order valence-electron chi connectivity index (χ0n) is 13.9. The minimum Gasteiger partial charge on any atom is -0.332 e. The SMILES string of the molecule is S=C(Nc1ccc(CN2CCCCC2)cc1)Nc1cc(Cl)cc(Cl)c1. The van der Waals surface area contributed by atoms with Crippen LogP contribution in [0.2, 0.25) is 10.0 Å². The monoisotopic (exact) mass is 393 g/mol. The van der Waals surface area contributed by atoms with Crippen LogP contribution in [-0.4, -0.2) is 23.1 Å². The largest absolute Gasteiger partial charge is 0.332 e.